The highest BCUT2D eigenvalue weighted by molar-refractivity contribution is 6.33. The lowest BCUT2D eigenvalue weighted by Crippen LogP contribution is -1.96. The number of aromatic nitrogens is 4. The molecule has 0 saturated carbocycles. The molecule has 5 nitrogen and oxygen atoms in total. The van der Waals surface area contributed by atoms with Crippen LogP contribution in [-0.4, -0.2) is 19.6 Å². The maximum atomic E-state index is 6.14. The molecular weight excluding hydrogens is 238 g/mol. The molecule has 0 aliphatic heterocycles. The van der Waals surface area contributed by atoms with E-state index in [0.717, 1.165) is 0 Å². The van der Waals surface area contributed by atoms with Crippen LogP contribution in [0.25, 0.3) is 17.0 Å². The second-order valence-electron chi connectivity index (χ2n) is 3.54. The second-order valence-corrected chi connectivity index (χ2v) is 3.94. The molecule has 0 spiro atoms. The van der Waals surface area contributed by atoms with Crippen LogP contribution in [0.15, 0.2) is 36.8 Å². The van der Waals surface area contributed by atoms with Crippen LogP contribution in [0.1, 0.15) is 0 Å². The molecule has 0 aliphatic carbocycles. The molecule has 3 aromatic rings. The molecule has 0 aliphatic rings. The van der Waals surface area contributed by atoms with Crippen LogP contribution in [0.4, 0.5) is 5.69 Å². The van der Waals surface area contributed by atoms with E-state index in [1.54, 1.807) is 41.2 Å². The lowest BCUT2D eigenvalue weighted by Gasteiger charge is -2.05. The molecule has 6 heteroatoms. The molecule has 3 rings (SSSR count). The van der Waals surface area contributed by atoms with E-state index in [2.05, 4.69) is 15.2 Å². The van der Waals surface area contributed by atoms with Gasteiger partial charge in [-0.2, -0.15) is 0 Å². The molecule has 0 amide bonds. The predicted octanol–water partition coefficient (Wildman–Crippen LogP) is 2.03. The zero-order chi connectivity index (χ0) is 11.8. The van der Waals surface area contributed by atoms with E-state index in [1.807, 2.05) is 0 Å². The maximum Gasteiger partial charge on any atom is 0.173 e. The summed E-state index contributed by atoms with van der Waals surface area (Å²) in [6, 6.07) is 7.11. The van der Waals surface area contributed by atoms with Crippen LogP contribution < -0.4 is 5.73 Å². The third-order valence-corrected chi connectivity index (χ3v) is 2.80. The van der Waals surface area contributed by atoms with E-state index in [-0.39, 0.29) is 0 Å². The Hall–Kier alpha value is -2.14. The van der Waals surface area contributed by atoms with Crippen molar-refractivity contribution in [3.05, 3.63) is 41.8 Å². The first kappa shape index (κ1) is 10.0. The Morgan fingerprint density at radius 3 is 2.88 bits per heavy atom. The van der Waals surface area contributed by atoms with Crippen molar-refractivity contribution in [1.29, 1.82) is 0 Å². The van der Waals surface area contributed by atoms with Gasteiger partial charge in [-0.3, -0.25) is 4.40 Å². The number of benzene rings is 1. The highest BCUT2D eigenvalue weighted by Crippen LogP contribution is 2.31. The minimum atomic E-state index is 0.545. The van der Waals surface area contributed by atoms with Crippen molar-refractivity contribution in [3.63, 3.8) is 0 Å². The molecule has 0 atom stereocenters. The Balaban J connectivity index is 2.35. The van der Waals surface area contributed by atoms with Gasteiger partial charge in [-0.15, -0.1) is 10.2 Å². The molecule has 2 N–H and O–H groups in total. The quantitative estimate of drug-likeness (QED) is 0.666. The number of nitrogens with zero attached hydrogens (tertiary/aromatic N) is 4. The Morgan fingerprint density at radius 2 is 2.06 bits per heavy atom. The van der Waals surface area contributed by atoms with Crippen LogP contribution in [-0.2, 0) is 0 Å². The number of nitrogen functional groups attached to an aromatic ring is 1. The summed E-state index contributed by atoms with van der Waals surface area (Å²) in [6.45, 7) is 0. The summed E-state index contributed by atoms with van der Waals surface area (Å²) in [4.78, 5) is 4.03. The molecule has 2 aromatic heterocycles. The number of hydrogen-bond acceptors (Lipinski definition) is 4. The van der Waals surface area contributed by atoms with Crippen LogP contribution in [0, 0.1) is 0 Å². The molecule has 0 saturated heterocycles. The molecule has 1 aromatic carbocycles. The smallest absolute Gasteiger partial charge is 0.173 e. The highest BCUT2D eigenvalue weighted by atomic mass is 35.5. The van der Waals surface area contributed by atoms with Gasteiger partial charge >= 0.3 is 0 Å². The van der Waals surface area contributed by atoms with Gasteiger partial charge < -0.3 is 5.73 Å². The number of nitrogens with two attached hydrogens (primary N) is 1. The van der Waals surface area contributed by atoms with E-state index in [4.69, 9.17) is 17.3 Å². The number of rotatable bonds is 1. The lowest BCUT2D eigenvalue weighted by molar-refractivity contribution is 1.08. The summed E-state index contributed by atoms with van der Waals surface area (Å²) in [5, 5.41) is 8.68. The number of hydrogen-bond donors (Lipinski definition) is 1. The molecular formula is C11H8ClN5. The summed E-state index contributed by atoms with van der Waals surface area (Å²) < 4.78 is 1.75. The maximum absolute atomic E-state index is 6.14. The van der Waals surface area contributed by atoms with Gasteiger partial charge in [-0.05, 0) is 12.1 Å². The Morgan fingerprint density at radius 1 is 1.18 bits per heavy atom. The number of anilines is 1. The second kappa shape index (κ2) is 3.71. The summed E-state index contributed by atoms with van der Waals surface area (Å²) in [5.74, 6) is 0.594. The van der Waals surface area contributed by atoms with Crippen LogP contribution >= 0.6 is 11.6 Å². The molecule has 17 heavy (non-hydrogen) atoms. The van der Waals surface area contributed by atoms with Crippen LogP contribution in [0.5, 0.6) is 0 Å². The normalized spacial score (nSPS) is 10.9. The van der Waals surface area contributed by atoms with Gasteiger partial charge in [0.05, 0.1) is 10.6 Å². The van der Waals surface area contributed by atoms with E-state index in [0.29, 0.717) is 27.7 Å². The molecule has 0 radical (unpaired) electrons. The average molecular weight is 246 g/mol. The first-order valence-corrected chi connectivity index (χ1v) is 5.34. The number of fused-ring (bicyclic) bond motifs is 1. The highest BCUT2D eigenvalue weighted by Gasteiger charge is 2.13. The molecule has 84 valence electrons. The standard InChI is InChI=1S/C11H8ClN5/c12-7-2-1-3-8(13)10(7)11-16-15-9-4-5-14-6-17(9)11/h1-6H,13H2. The van der Waals surface area contributed by atoms with Crippen molar-refractivity contribution in [3.8, 4) is 11.4 Å². The Bertz CT molecular complexity index is 671. The van der Waals surface area contributed by atoms with Crippen molar-refractivity contribution < 1.29 is 0 Å². The van der Waals surface area contributed by atoms with Gasteiger partial charge in [0, 0.05) is 18.0 Å². The SMILES string of the molecule is Nc1cccc(Cl)c1-c1nnc2ccncn12. The monoisotopic (exact) mass is 245 g/mol. The Labute approximate surface area is 102 Å². The molecule has 0 fully saturated rings. The van der Waals surface area contributed by atoms with Gasteiger partial charge in [-0.1, -0.05) is 17.7 Å². The molecule has 0 bridgehead atoms. The predicted molar refractivity (Wildman–Crippen MR) is 65.6 cm³/mol. The van der Waals surface area contributed by atoms with Gasteiger partial charge in [0.15, 0.2) is 11.5 Å². The zero-order valence-corrected chi connectivity index (χ0v) is 9.46. The summed E-state index contributed by atoms with van der Waals surface area (Å²) in [5.41, 5.74) is 7.86. The third-order valence-electron chi connectivity index (χ3n) is 2.48. The van der Waals surface area contributed by atoms with Gasteiger partial charge in [0.1, 0.15) is 6.33 Å². The fourth-order valence-corrected chi connectivity index (χ4v) is 1.96. The molecule has 0 unspecified atom stereocenters. The summed E-state index contributed by atoms with van der Waals surface area (Å²) >= 11 is 6.14. The zero-order valence-electron chi connectivity index (χ0n) is 8.71. The van der Waals surface area contributed by atoms with Crippen molar-refractivity contribution >= 4 is 22.9 Å². The van der Waals surface area contributed by atoms with E-state index >= 15 is 0 Å². The Kier molecular flexibility index (Phi) is 2.19. The lowest BCUT2D eigenvalue weighted by atomic mass is 10.1. The summed E-state index contributed by atoms with van der Waals surface area (Å²) in [7, 11) is 0. The molecule has 2 heterocycles. The minimum Gasteiger partial charge on any atom is -0.398 e. The minimum absolute atomic E-state index is 0.545. The van der Waals surface area contributed by atoms with Crippen molar-refractivity contribution in [2.75, 3.05) is 5.73 Å². The fraction of sp³-hybridized carbons (Fsp3) is 0. The van der Waals surface area contributed by atoms with E-state index in [9.17, 15) is 0 Å². The third kappa shape index (κ3) is 1.52. The van der Waals surface area contributed by atoms with Crippen LogP contribution in [0.3, 0.4) is 0 Å². The van der Waals surface area contributed by atoms with E-state index < -0.39 is 0 Å². The van der Waals surface area contributed by atoms with E-state index in [1.165, 1.54) is 0 Å². The van der Waals surface area contributed by atoms with Gasteiger partial charge in [0.25, 0.3) is 0 Å². The van der Waals surface area contributed by atoms with Crippen molar-refractivity contribution in [2.24, 2.45) is 0 Å². The largest absolute Gasteiger partial charge is 0.398 e. The first-order valence-electron chi connectivity index (χ1n) is 4.96. The van der Waals surface area contributed by atoms with Crippen LogP contribution in [0.2, 0.25) is 5.02 Å². The fourth-order valence-electron chi connectivity index (χ4n) is 1.69. The van der Waals surface area contributed by atoms with Crippen molar-refractivity contribution in [2.45, 2.75) is 0 Å². The number of halogens is 1. The average Bonchev–Trinajstić information content (AvgIpc) is 2.73. The summed E-state index contributed by atoms with van der Waals surface area (Å²) in [6.07, 6.45) is 3.29. The first-order chi connectivity index (χ1) is 8.27. The van der Waals surface area contributed by atoms with Gasteiger partial charge in [-0.25, -0.2) is 4.98 Å². The van der Waals surface area contributed by atoms with Crippen molar-refractivity contribution in [1.82, 2.24) is 19.6 Å². The topological polar surface area (TPSA) is 69.1 Å². The van der Waals surface area contributed by atoms with Gasteiger partial charge in [0.2, 0.25) is 0 Å².